The molecule has 1 aromatic carbocycles. The highest BCUT2D eigenvalue weighted by Gasteiger charge is 2.25. The summed E-state index contributed by atoms with van der Waals surface area (Å²) in [5, 5.41) is 2.81. The van der Waals surface area contributed by atoms with Crippen LogP contribution >= 0.6 is 0 Å². The Balaban J connectivity index is 1.36. The highest BCUT2D eigenvalue weighted by atomic mass is 19.1. The van der Waals surface area contributed by atoms with E-state index in [0.29, 0.717) is 31.4 Å². The number of nitrogens with zero attached hydrogens (tertiary/aromatic N) is 3. The maximum Gasteiger partial charge on any atom is 0.273 e. The van der Waals surface area contributed by atoms with Crippen LogP contribution in [0.1, 0.15) is 40.3 Å². The van der Waals surface area contributed by atoms with Gasteiger partial charge in [-0.1, -0.05) is 18.2 Å². The minimum absolute atomic E-state index is 0.238. The van der Waals surface area contributed by atoms with Crippen molar-refractivity contribution in [3.05, 3.63) is 83.6 Å². The molecule has 6 nitrogen and oxygen atoms in total. The fourth-order valence-electron chi connectivity index (χ4n) is 3.20. The molecule has 0 bridgehead atoms. The van der Waals surface area contributed by atoms with Gasteiger partial charge in [0.05, 0.1) is 6.54 Å². The highest BCUT2D eigenvalue weighted by molar-refractivity contribution is 5.91. The van der Waals surface area contributed by atoms with Gasteiger partial charge in [0.2, 0.25) is 5.89 Å². The molecular formula is C22H23FN4O2. The van der Waals surface area contributed by atoms with Gasteiger partial charge in [0.1, 0.15) is 12.1 Å². The first-order chi connectivity index (χ1) is 14.2. The summed E-state index contributed by atoms with van der Waals surface area (Å²) in [6.07, 6.45) is 7.20. The summed E-state index contributed by atoms with van der Waals surface area (Å²) in [7, 11) is 0. The molecule has 0 radical (unpaired) electrons. The van der Waals surface area contributed by atoms with Crippen molar-refractivity contribution >= 4 is 5.91 Å². The molecule has 1 aliphatic carbocycles. The Hall–Kier alpha value is -3.06. The summed E-state index contributed by atoms with van der Waals surface area (Å²) in [6, 6.07) is 10.3. The van der Waals surface area contributed by atoms with E-state index in [9.17, 15) is 9.18 Å². The lowest BCUT2D eigenvalue weighted by atomic mass is 10.2. The summed E-state index contributed by atoms with van der Waals surface area (Å²) >= 11 is 0. The maximum atomic E-state index is 13.5. The molecule has 1 N–H and O–H groups in total. The van der Waals surface area contributed by atoms with Gasteiger partial charge in [0.25, 0.3) is 5.91 Å². The molecular weight excluding hydrogens is 371 g/mol. The number of benzene rings is 1. The van der Waals surface area contributed by atoms with Crippen molar-refractivity contribution in [3.8, 4) is 0 Å². The molecule has 29 heavy (non-hydrogen) atoms. The number of halogens is 1. The Labute approximate surface area is 168 Å². The van der Waals surface area contributed by atoms with Crippen molar-refractivity contribution < 1.29 is 13.6 Å². The van der Waals surface area contributed by atoms with Crippen LogP contribution in [0.15, 0.2) is 59.5 Å². The van der Waals surface area contributed by atoms with E-state index in [1.807, 2.05) is 18.2 Å². The Morgan fingerprint density at radius 3 is 2.83 bits per heavy atom. The van der Waals surface area contributed by atoms with Gasteiger partial charge in [-0.05, 0) is 48.1 Å². The van der Waals surface area contributed by atoms with Gasteiger partial charge in [-0.3, -0.25) is 14.7 Å². The highest BCUT2D eigenvalue weighted by Crippen LogP contribution is 2.30. The molecule has 0 spiro atoms. The number of pyridine rings is 1. The van der Waals surface area contributed by atoms with E-state index in [2.05, 4.69) is 20.2 Å². The van der Waals surface area contributed by atoms with E-state index < -0.39 is 0 Å². The maximum absolute atomic E-state index is 13.5. The number of carbonyl (C=O) groups is 1. The van der Waals surface area contributed by atoms with Gasteiger partial charge < -0.3 is 9.73 Å². The van der Waals surface area contributed by atoms with E-state index in [1.165, 1.54) is 25.2 Å². The second-order valence-electron chi connectivity index (χ2n) is 7.41. The zero-order valence-electron chi connectivity index (χ0n) is 16.1. The predicted octanol–water partition coefficient (Wildman–Crippen LogP) is 3.55. The number of carbonyl (C=O) groups excluding carboxylic acids is 1. The Bertz CT molecular complexity index is 956. The third-order valence-corrected chi connectivity index (χ3v) is 4.83. The molecule has 2 heterocycles. The van der Waals surface area contributed by atoms with Crippen LogP contribution < -0.4 is 5.32 Å². The normalized spacial score (nSPS) is 13.6. The topological polar surface area (TPSA) is 71.3 Å². The largest absolute Gasteiger partial charge is 0.447 e. The van der Waals surface area contributed by atoms with E-state index >= 15 is 0 Å². The first-order valence-electron chi connectivity index (χ1n) is 9.74. The van der Waals surface area contributed by atoms with Crippen molar-refractivity contribution in [2.45, 2.75) is 32.5 Å². The molecule has 1 fully saturated rings. The molecule has 1 amide bonds. The van der Waals surface area contributed by atoms with Crippen LogP contribution in [0, 0.1) is 11.7 Å². The quantitative estimate of drug-likeness (QED) is 0.601. The van der Waals surface area contributed by atoms with Crippen molar-refractivity contribution in [1.29, 1.82) is 0 Å². The Morgan fingerprint density at radius 1 is 1.21 bits per heavy atom. The van der Waals surface area contributed by atoms with Gasteiger partial charge >= 0.3 is 0 Å². The van der Waals surface area contributed by atoms with Crippen LogP contribution in [0.25, 0.3) is 0 Å². The van der Waals surface area contributed by atoms with Crippen LogP contribution in [0.2, 0.25) is 0 Å². The van der Waals surface area contributed by atoms with Crippen molar-refractivity contribution in [3.63, 3.8) is 0 Å². The number of amides is 1. The fourth-order valence-corrected chi connectivity index (χ4v) is 3.20. The van der Waals surface area contributed by atoms with Gasteiger partial charge in [0, 0.05) is 32.0 Å². The zero-order chi connectivity index (χ0) is 20.1. The predicted molar refractivity (Wildman–Crippen MR) is 105 cm³/mol. The summed E-state index contributed by atoms with van der Waals surface area (Å²) in [4.78, 5) is 22.9. The van der Waals surface area contributed by atoms with E-state index in [0.717, 1.165) is 17.7 Å². The van der Waals surface area contributed by atoms with Crippen molar-refractivity contribution in [2.24, 2.45) is 5.92 Å². The third kappa shape index (κ3) is 5.71. The van der Waals surface area contributed by atoms with Crippen molar-refractivity contribution in [1.82, 2.24) is 20.2 Å². The van der Waals surface area contributed by atoms with Gasteiger partial charge in [-0.25, -0.2) is 9.37 Å². The second-order valence-corrected chi connectivity index (χ2v) is 7.41. The number of nitrogens with one attached hydrogen (secondary N) is 1. The van der Waals surface area contributed by atoms with Crippen LogP contribution in [-0.4, -0.2) is 27.3 Å². The molecule has 0 unspecified atom stereocenters. The minimum Gasteiger partial charge on any atom is -0.447 e. The minimum atomic E-state index is -0.289. The number of oxazole rings is 1. The monoisotopic (exact) mass is 394 g/mol. The van der Waals surface area contributed by atoms with Gasteiger partial charge in [-0.15, -0.1) is 0 Å². The molecule has 1 aliphatic rings. The molecule has 1 saturated carbocycles. The average molecular weight is 394 g/mol. The molecule has 150 valence electrons. The molecule has 0 saturated heterocycles. The lowest BCUT2D eigenvalue weighted by Crippen LogP contribution is -2.26. The van der Waals surface area contributed by atoms with Crippen LogP contribution in [0.4, 0.5) is 4.39 Å². The fraction of sp³-hybridized carbons (Fsp3) is 0.318. The standard InChI is InChI=1S/C22H23FN4O2/c23-19-5-1-3-17(9-19)13-27(12-16-6-7-16)14-21-26-20(15-29-21)22(28)25-11-18-4-2-8-24-10-18/h1-5,8-10,15-16H,6-7,11-14H2,(H,25,28). The third-order valence-electron chi connectivity index (χ3n) is 4.83. The van der Waals surface area contributed by atoms with Crippen LogP contribution in [0.3, 0.4) is 0 Å². The molecule has 2 aromatic heterocycles. The molecule has 0 atom stereocenters. The zero-order valence-corrected chi connectivity index (χ0v) is 16.1. The summed E-state index contributed by atoms with van der Waals surface area (Å²) in [6.45, 7) is 2.37. The molecule has 4 rings (SSSR count). The number of hydrogen-bond acceptors (Lipinski definition) is 5. The summed E-state index contributed by atoms with van der Waals surface area (Å²) in [5.41, 5.74) is 2.07. The first-order valence-corrected chi connectivity index (χ1v) is 9.74. The second kappa shape index (κ2) is 8.96. The van der Waals surface area contributed by atoms with Crippen LogP contribution in [0.5, 0.6) is 0 Å². The van der Waals surface area contributed by atoms with Crippen LogP contribution in [-0.2, 0) is 19.6 Å². The Morgan fingerprint density at radius 2 is 2.07 bits per heavy atom. The average Bonchev–Trinajstić information content (AvgIpc) is 3.41. The molecule has 0 aliphatic heterocycles. The van der Waals surface area contributed by atoms with E-state index in [4.69, 9.17) is 4.42 Å². The van der Waals surface area contributed by atoms with Gasteiger partial charge in [-0.2, -0.15) is 0 Å². The van der Waals surface area contributed by atoms with E-state index in [1.54, 1.807) is 24.5 Å². The number of rotatable bonds is 9. The number of aromatic nitrogens is 2. The Kier molecular flexibility index (Phi) is 5.95. The SMILES string of the molecule is O=C(NCc1cccnc1)c1coc(CN(Cc2cccc(F)c2)CC2CC2)n1. The van der Waals surface area contributed by atoms with Gasteiger partial charge in [0.15, 0.2) is 5.69 Å². The number of hydrogen-bond donors (Lipinski definition) is 1. The smallest absolute Gasteiger partial charge is 0.273 e. The lowest BCUT2D eigenvalue weighted by Gasteiger charge is -2.20. The first kappa shape index (κ1) is 19.3. The summed E-state index contributed by atoms with van der Waals surface area (Å²) in [5.74, 6) is 0.620. The summed E-state index contributed by atoms with van der Waals surface area (Å²) < 4.78 is 19.0. The van der Waals surface area contributed by atoms with Crippen molar-refractivity contribution in [2.75, 3.05) is 6.54 Å². The molecule has 7 heteroatoms. The lowest BCUT2D eigenvalue weighted by molar-refractivity contribution is 0.0945. The molecule has 3 aromatic rings. The van der Waals surface area contributed by atoms with E-state index in [-0.39, 0.29) is 17.4 Å².